The monoisotopic (exact) mass is 431 g/mol. The van der Waals surface area contributed by atoms with Crippen LogP contribution in [0.3, 0.4) is 0 Å². The number of amides is 1. The van der Waals surface area contributed by atoms with Gasteiger partial charge in [0.25, 0.3) is 15.9 Å². The van der Waals surface area contributed by atoms with Crippen LogP contribution in [0.4, 0.5) is 5.82 Å². The molecule has 2 saturated heterocycles. The molecule has 10 heteroatoms. The van der Waals surface area contributed by atoms with Gasteiger partial charge in [0.2, 0.25) is 0 Å². The zero-order chi connectivity index (χ0) is 20.9. The van der Waals surface area contributed by atoms with Crippen molar-refractivity contribution in [1.82, 2.24) is 19.8 Å². The molecule has 160 valence electrons. The van der Waals surface area contributed by atoms with Crippen LogP contribution in [0.25, 0.3) is 0 Å². The third-order valence-corrected chi connectivity index (χ3v) is 8.18. The van der Waals surface area contributed by atoms with Crippen LogP contribution in [0, 0.1) is 0 Å². The van der Waals surface area contributed by atoms with Gasteiger partial charge in [-0.2, -0.15) is 4.31 Å². The predicted octanol–water partition coefficient (Wildman–Crippen LogP) is 2.03. The number of sulfonamides is 1. The Balaban J connectivity index is 1.31. The molecule has 5 rings (SSSR count). The number of pyridine rings is 1. The van der Waals surface area contributed by atoms with Gasteiger partial charge in [-0.15, -0.1) is 0 Å². The summed E-state index contributed by atoms with van der Waals surface area (Å²) in [7, 11) is -3.74. The van der Waals surface area contributed by atoms with Crippen molar-refractivity contribution >= 4 is 21.7 Å². The number of nitrogen functional groups attached to an aromatic ring is 1. The van der Waals surface area contributed by atoms with Crippen LogP contribution in [0.5, 0.6) is 0 Å². The summed E-state index contributed by atoms with van der Waals surface area (Å²) >= 11 is 0. The molecule has 2 atom stereocenters. The highest BCUT2D eigenvalue weighted by Crippen LogP contribution is 2.40. The molecule has 3 fully saturated rings. The van der Waals surface area contributed by atoms with Crippen molar-refractivity contribution in [2.75, 3.05) is 5.73 Å². The quantitative estimate of drug-likeness (QED) is 0.740. The highest BCUT2D eigenvalue weighted by molar-refractivity contribution is 7.89. The van der Waals surface area contributed by atoms with Gasteiger partial charge in [0.15, 0.2) is 10.7 Å². The summed E-state index contributed by atoms with van der Waals surface area (Å²) in [6.45, 7) is 0. The normalized spacial score (nSPS) is 27.0. The Bertz CT molecular complexity index is 1050. The van der Waals surface area contributed by atoms with Gasteiger partial charge in [0.1, 0.15) is 11.6 Å². The number of piperidine rings is 2. The number of aromatic nitrogens is 2. The number of anilines is 1. The number of carbonyl (C=O) groups is 1. The Kier molecular flexibility index (Phi) is 4.78. The lowest BCUT2D eigenvalue weighted by molar-refractivity contribution is 0.0789. The van der Waals surface area contributed by atoms with E-state index in [2.05, 4.69) is 15.5 Å². The zero-order valence-electron chi connectivity index (χ0n) is 16.5. The summed E-state index contributed by atoms with van der Waals surface area (Å²) in [5.74, 6) is 1.09. The first-order valence-corrected chi connectivity index (χ1v) is 11.9. The second-order valence-electron chi connectivity index (χ2n) is 8.50. The van der Waals surface area contributed by atoms with Crippen LogP contribution < -0.4 is 11.1 Å². The van der Waals surface area contributed by atoms with Gasteiger partial charge >= 0.3 is 0 Å². The number of nitrogens with zero attached hydrogens (tertiary/aromatic N) is 3. The molecular formula is C20H25N5O4S. The van der Waals surface area contributed by atoms with Crippen LogP contribution in [0.2, 0.25) is 0 Å². The highest BCUT2D eigenvalue weighted by atomic mass is 32.2. The lowest BCUT2D eigenvalue weighted by Gasteiger charge is -2.47. The molecular weight excluding hydrogens is 406 g/mol. The van der Waals surface area contributed by atoms with Crippen LogP contribution in [-0.2, 0) is 10.0 Å². The van der Waals surface area contributed by atoms with Gasteiger partial charge in [-0.25, -0.2) is 13.4 Å². The van der Waals surface area contributed by atoms with E-state index in [4.69, 9.17) is 10.3 Å². The number of fused-ring (bicyclic) bond motifs is 2. The molecule has 0 aromatic carbocycles. The molecule has 4 heterocycles. The van der Waals surface area contributed by atoms with Gasteiger partial charge in [-0.05, 0) is 50.7 Å². The van der Waals surface area contributed by atoms with Crippen LogP contribution in [0.15, 0.2) is 33.8 Å². The van der Waals surface area contributed by atoms with E-state index in [1.807, 2.05) is 0 Å². The molecule has 30 heavy (non-hydrogen) atoms. The average molecular weight is 432 g/mol. The van der Waals surface area contributed by atoms with Crippen molar-refractivity contribution in [2.45, 2.75) is 74.0 Å². The molecule has 2 aliphatic heterocycles. The van der Waals surface area contributed by atoms with E-state index in [0.717, 1.165) is 37.9 Å². The molecule has 9 nitrogen and oxygen atoms in total. The van der Waals surface area contributed by atoms with Crippen molar-refractivity contribution in [3.05, 3.63) is 35.7 Å². The second kappa shape index (κ2) is 7.35. The van der Waals surface area contributed by atoms with Gasteiger partial charge in [0, 0.05) is 30.1 Å². The Labute approximate surface area is 175 Å². The van der Waals surface area contributed by atoms with E-state index in [1.54, 1.807) is 22.5 Å². The van der Waals surface area contributed by atoms with E-state index in [9.17, 15) is 13.2 Å². The fourth-order valence-corrected chi connectivity index (χ4v) is 6.60. The molecule has 0 unspecified atom stereocenters. The molecule has 3 N–H and O–H groups in total. The Morgan fingerprint density at radius 3 is 2.57 bits per heavy atom. The minimum atomic E-state index is -3.74. The lowest BCUT2D eigenvalue weighted by atomic mass is 9.84. The predicted molar refractivity (Wildman–Crippen MR) is 108 cm³/mol. The van der Waals surface area contributed by atoms with Crippen molar-refractivity contribution < 1.29 is 17.7 Å². The number of carbonyl (C=O) groups excluding carboxylic acids is 1. The Morgan fingerprint density at radius 1 is 1.17 bits per heavy atom. The molecule has 1 amide bonds. The van der Waals surface area contributed by atoms with Crippen LogP contribution in [0.1, 0.15) is 67.1 Å². The van der Waals surface area contributed by atoms with E-state index >= 15 is 0 Å². The Hall–Kier alpha value is -2.46. The summed E-state index contributed by atoms with van der Waals surface area (Å²) in [6.07, 6.45) is 5.79. The molecule has 1 aliphatic carbocycles. The zero-order valence-corrected chi connectivity index (χ0v) is 17.3. The minimum absolute atomic E-state index is 0.0166. The molecule has 2 aromatic rings. The summed E-state index contributed by atoms with van der Waals surface area (Å²) in [6, 6.07) is 5.93. The first-order chi connectivity index (χ1) is 14.4. The molecule has 0 spiro atoms. The largest absolute Gasteiger partial charge is 0.384 e. The maximum atomic E-state index is 13.3. The lowest BCUT2D eigenvalue weighted by Crippen LogP contribution is -2.58. The van der Waals surface area contributed by atoms with Crippen molar-refractivity contribution in [1.29, 1.82) is 0 Å². The topological polar surface area (TPSA) is 131 Å². The summed E-state index contributed by atoms with van der Waals surface area (Å²) in [5.41, 5.74) is 5.99. The summed E-state index contributed by atoms with van der Waals surface area (Å²) in [5, 5.41) is 6.93. The van der Waals surface area contributed by atoms with E-state index < -0.39 is 10.0 Å². The highest BCUT2D eigenvalue weighted by Gasteiger charge is 2.46. The van der Waals surface area contributed by atoms with E-state index in [0.29, 0.717) is 24.5 Å². The smallest absolute Gasteiger partial charge is 0.273 e. The van der Waals surface area contributed by atoms with Gasteiger partial charge < -0.3 is 15.6 Å². The van der Waals surface area contributed by atoms with Crippen molar-refractivity contribution in [3.8, 4) is 0 Å². The van der Waals surface area contributed by atoms with Crippen LogP contribution in [-0.4, -0.2) is 46.9 Å². The molecule has 1 saturated carbocycles. The fraction of sp³-hybridized carbons (Fsp3) is 0.550. The SMILES string of the molecule is Nc1cccc(S(=O)(=O)N2[C@@H]3CCC[C@@H]2CC(NC(=O)c2cc(C4CC4)on2)C3)n1. The van der Waals surface area contributed by atoms with Crippen molar-refractivity contribution in [3.63, 3.8) is 0 Å². The summed E-state index contributed by atoms with van der Waals surface area (Å²) in [4.78, 5) is 16.7. The van der Waals surface area contributed by atoms with Crippen LogP contribution >= 0.6 is 0 Å². The third kappa shape index (κ3) is 3.58. The first-order valence-electron chi connectivity index (χ1n) is 10.5. The molecule has 3 aliphatic rings. The second-order valence-corrected chi connectivity index (χ2v) is 10.3. The first kappa shape index (κ1) is 19.5. The van der Waals surface area contributed by atoms with E-state index in [-0.39, 0.29) is 34.9 Å². The number of nitrogens with two attached hydrogens (primary N) is 1. The standard InChI is InChI=1S/C20H25N5O4S/c21-18-5-2-6-19(23-18)30(27,28)25-14-3-1-4-15(25)10-13(9-14)22-20(26)16-11-17(29-24-16)12-7-8-12/h2,5-6,11-15H,1,3-4,7-10H2,(H2,21,23)(H,22,26)/t14-,15-/m1/s1. The van der Waals surface area contributed by atoms with Gasteiger partial charge in [0.05, 0.1) is 0 Å². The number of rotatable bonds is 5. The summed E-state index contributed by atoms with van der Waals surface area (Å²) < 4.78 is 33.4. The molecule has 2 bridgehead atoms. The van der Waals surface area contributed by atoms with Gasteiger partial charge in [-0.1, -0.05) is 17.6 Å². The van der Waals surface area contributed by atoms with E-state index in [1.165, 1.54) is 6.07 Å². The molecule has 2 aromatic heterocycles. The maximum Gasteiger partial charge on any atom is 0.273 e. The number of nitrogens with one attached hydrogen (secondary N) is 1. The number of hydrogen-bond acceptors (Lipinski definition) is 7. The fourth-order valence-electron chi connectivity index (χ4n) is 4.75. The average Bonchev–Trinajstić information content (AvgIpc) is 3.43. The minimum Gasteiger partial charge on any atom is -0.384 e. The maximum absolute atomic E-state index is 13.3. The van der Waals surface area contributed by atoms with Crippen molar-refractivity contribution in [2.24, 2.45) is 0 Å². The van der Waals surface area contributed by atoms with Gasteiger partial charge in [-0.3, -0.25) is 4.79 Å². The third-order valence-electron chi connectivity index (χ3n) is 6.27. The Morgan fingerprint density at radius 2 is 1.90 bits per heavy atom. The number of hydrogen-bond donors (Lipinski definition) is 2. The molecule has 0 radical (unpaired) electrons.